The molecule has 0 aliphatic carbocycles. The summed E-state index contributed by atoms with van der Waals surface area (Å²) < 4.78 is 5.42. The van der Waals surface area contributed by atoms with Gasteiger partial charge in [-0.05, 0) is 18.8 Å². The quantitative estimate of drug-likeness (QED) is 0.688. The highest BCUT2D eigenvalue weighted by Crippen LogP contribution is 2.18. The Morgan fingerprint density at radius 1 is 1.14 bits per heavy atom. The lowest BCUT2D eigenvalue weighted by molar-refractivity contribution is 0.0994. The van der Waals surface area contributed by atoms with E-state index in [0.717, 1.165) is 13.0 Å². The van der Waals surface area contributed by atoms with Gasteiger partial charge < -0.3 is 10.5 Å². The molecule has 0 spiro atoms. The molecule has 1 atom stereocenters. The van der Waals surface area contributed by atoms with Gasteiger partial charge in [-0.2, -0.15) is 5.26 Å². The van der Waals surface area contributed by atoms with Gasteiger partial charge in [-0.3, -0.25) is 0 Å². The highest BCUT2D eigenvalue weighted by atomic mass is 16.5. The van der Waals surface area contributed by atoms with Crippen molar-refractivity contribution >= 4 is 0 Å². The molecule has 0 bridgehead atoms. The van der Waals surface area contributed by atoms with E-state index in [1.807, 2.05) is 6.07 Å². The van der Waals surface area contributed by atoms with E-state index in [1.165, 1.54) is 0 Å². The van der Waals surface area contributed by atoms with Crippen LogP contribution in [0.25, 0.3) is 0 Å². The van der Waals surface area contributed by atoms with Gasteiger partial charge in [0.2, 0.25) is 0 Å². The minimum atomic E-state index is -0.748. The van der Waals surface area contributed by atoms with Crippen molar-refractivity contribution in [2.24, 2.45) is 11.1 Å². The number of hydrogen-bond acceptors (Lipinski definition) is 3. The van der Waals surface area contributed by atoms with Crippen molar-refractivity contribution in [3.8, 4) is 6.07 Å². The SMILES string of the molecule is CC(C)(C)CCOCCC(C)(N)C#N. The monoisotopic (exact) mass is 198 g/mol. The largest absolute Gasteiger partial charge is 0.381 e. The summed E-state index contributed by atoms with van der Waals surface area (Å²) in [7, 11) is 0. The predicted molar refractivity (Wildman–Crippen MR) is 57.7 cm³/mol. The van der Waals surface area contributed by atoms with Crippen LogP contribution in [-0.4, -0.2) is 18.8 Å². The second-order valence-electron chi connectivity index (χ2n) is 5.20. The van der Waals surface area contributed by atoms with Gasteiger partial charge in [0.1, 0.15) is 5.54 Å². The molecule has 0 aromatic heterocycles. The van der Waals surface area contributed by atoms with Gasteiger partial charge in [0.25, 0.3) is 0 Å². The lowest BCUT2D eigenvalue weighted by Gasteiger charge is -2.19. The molecule has 14 heavy (non-hydrogen) atoms. The third kappa shape index (κ3) is 8.03. The maximum Gasteiger partial charge on any atom is 0.103 e. The molecular formula is C11H22N2O. The fourth-order valence-corrected chi connectivity index (χ4v) is 0.821. The number of rotatable bonds is 5. The Morgan fingerprint density at radius 3 is 2.07 bits per heavy atom. The van der Waals surface area contributed by atoms with E-state index in [4.69, 9.17) is 15.7 Å². The molecule has 0 radical (unpaired) electrons. The molecule has 0 saturated heterocycles. The van der Waals surface area contributed by atoms with E-state index in [-0.39, 0.29) is 0 Å². The Hall–Kier alpha value is -0.590. The standard InChI is InChI=1S/C11H22N2O/c1-10(2,3)5-7-14-8-6-11(4,13)9-12/h5-8,13H2,1-4H3. The lowest BCUT2D eigenvalue weighted by Crippen LogP contribution is -2.35. The molecule has 0 heterocycles. The van der Waals surface area contributed by atoms with Crippen LogP contribution in [0, 0.1) is 16.7 Å². The Morgan fingerprint density at radius 2 is 1.64 bits per heavy atom. The minimum absolute atomic E-state index is 0.307. The third-order valence-electron chi connectivity index (χ3n) is 2.02. The van der Waals surface area contributed by atoms with Gasteiger partial charge in [-0.1, -0.05) is 20.8 Å². The van der Waals surface area contributed by atoms with Gasteiger partial charge in [0, 0.05) is 19.6 Å². The van der Waals surface area contributed by atoms with Crippen LogP contribution in [0.4, 0.5) is 0 Å². The van der Waals surface area contributed by atoms with Crippen molar-refractivity contribution in [1.82, 2.24) is 0 Å². The van der Waals surface area contributed by atoms with Crippen molar-refractivity contribution in [3.63, 3.8) is 0 Å². The van der Waals surface area contributed by atoms with E-state index < -0.39 is 5.54 Å². The first-order valence-corrected chi connectivity index (χ1v) is 5.05. The highest BCUT2D eigenvalue weighted by molar-refractivity contribution is 5.00. The van der Waals surface area contributed by atoms with Gasteiger partial charge in [-0.25, -0.2) is 0 Å². The fourth-order valence-electron chi connectivity index (χ4n) is 0.821. The molecule has 0 aromatic rings. The maximum absolute atomic E-state index is 8.65. The average Bonchev–Trinajstić information content (AvgIpc) is 2.01. The summed E-state index contributed by atoms with van der Waals surface area (Å²) in [5.74, 6) is 0. The van der Waals surface area contributed by atoms with Crippen molar-refractivity contribution in [2.75, 3.05) is 13.2 Å². The zero-order valence-corrected chi connectivity index (χ0v) is 9.76. The Labute approximate surface area is 87.2 Å². The number of nitrogens with zero attached hydrogens (tertiary/aromatic N) is 1. The summed E-state index contributed by atoms with van der Waals surface area (Å²) in [6.07, 6.45) is 1.62. The average molecular weight is 198 g/mol. The topological polar surface area (TPSA) is 59.0 Å². The van der Waals surface area contributed by atoms with E-state index in [1.54, 1.807) is 6.92 Å². The summed E-state index contributed by atoms with van der Waals surface area (Å²) in [6, 6.07) is 2.05. The van der Waals surface area contributed by atoms with Crippen LogP contribution in [0.1, 0.15) is 40.5 Å². The summed E-state index contributed by atoms with van der Waals surface area (Å²) in [6.45, 7) is 9.57. The second-order valence-corrected chi connectivity index (χ2v) is 5.20. The molecule has 0 aliphatic rings. The molecule has 1 unspecified atom stereocenters. The highest BCUT2D eigenvalue weighted by Gasteiger charge is 2.16. The van der Waals surface area contributed by atoms with Gasteiger partial charge in [0.05, 0.1) is 6.07 Å². The first-order chi connectivity index (χ1) is 6.27. The van der Waals surface area contributed by atoms with Gasteiger partial charge in [-0.15, -0.1) is 0 Å². The van der Waals surface area contributed by atoms with E-state index in [0.29, 0.717) is 18.4 Å². The summed E-state index contributed by atoms with van der Waals surface area (Å²) in [5.41, 5.74) is 5.20. The molecule has 0 saturated carbocycles. The smallest absolute Gasteiger partial charge is 0.103 e. The van der Waals surface area contributed by atoms with Gasteiger partial charge >= 0.3 is 0 Å². The zero-order chi connectivity index (χ0) is 11.2. The molecule has 0 aromatic carbocycles. The van der Waals surface area contributed by atoms with Crippen LogP contribution in [0.2, 0.25) is 0 Å². The molecule has 3 nitrogen and oxygen atoms in total. The fraction of sp³-hybridized carbons (Fsp3) is 0.909. The van der Waals surface area contributed by atoms with Crippen LogP contribution in [0.3, 0.4) is 0 Å². The lowest BCUT2D eigenvalue weighted by atomic mass is 9.93. The Balaban J connectivity index is 3.45. The number of nitrogens with two attached hydrogens (primary N) is 1. The van der Waals surface area contributed by atoms with Crippen LogP contribution in [-0.2, 0) is 4.74 Å². The normalized spacial score (nSPS) is 16.0. The molecule has 82 valence electrons. The number of hydrogen-bond donors (Lipinski definition) is 1. The maximum atomic E-state index is 8.65. The molecule has 0 amide bonds. The van der Waals surface area contributed by atoms with Gasteiger partial charge in [0.15, 0.2) is 0 Å². The second kappa shape index (κ2) is 5.33. The minimum Gasteiger partial charge on any atom is -0.381 e. The summed E-state index contributed by atoms with van der Waals surface area (Å²) in [4.78, 5) is 0. The molecular weight excluding hydrogens is 176 g/mol. The predicted octanol–water partition coefficient (Wildman–Crippen LogP) is 2.07. The number of nitriles is 1. The van der Waals surface area contributed by atoms with E-state index in [9.17, 15) is 0 Å². The summed E-state index contributed by atoms with van der Waals surface area (Å²) >= 11 is 0. The first-order valence-electron chi connectivity index (χ1n) is 5.05. The van der Waals surface area contributed by atoms with Crippen LogP contribution in [0.5, 0.6) is 0 Å². The Kier molecular flexibility index (Phi) is 5.11. The number of ether oxygens (including phenoxy) is 1. The zero-order valence-electron chi connectivity index (χ0n) is 9.76. The summed E-state index contributed by atoms with van der Waals surface area (Å²) in [5, 5.41) is 8.65. The van der Waals surface area contributed by atoms with Crippen LogP contribution >= 0.6 is 0 Å². The molecule has 0 rings (SSSR count). The molecule has 0 aliphatic heterocycles. The third-order valence-corrected chi connectivity index (χ3v) is 2.02. The van der Waals surface area contributed by atoms with E-state index in [2.05, 4.69) is 20.8 Å². The Bertz CT molecular complexity index is 198. The first kappa shape index (κ1) is 13.4. The van der Waals surface area contributed by atoms with Crippen molar-refractivity contribution in [3.05, 3.63) is 0 Å². The van der Waals surface area contributed by atoms with Crippen LogP contribution in [0.15, 0.2) is 0 Å². The molecule has 2 N–H and O–H groups in total. The van der Waals surface area contributed by atoms with E-state index >= 15 is 0 Å². The van der Waals surface area contributed by atoms with Crippen molar-refractivity contribution < 1.29 is 4.74 Å². The van der Waals surface area contributed by atoms with Crippen LogP contribution < -0.4 is 5.73 Å². The molecule has 3 heteroatoms. The van der Waals surface area contributed by atoms with Crippen molar-refractivity contribution in [2.45, 2.75) is 46.1 Å². The van der Waals surface area contributed by atoms with Crippen molar-refractivity contribution in [1.29, 1.82) is 5.26 Å². The molecule has 0 fully saturated rings.